The van der Waals surface area contributed by atoms with Gasteiger partial charge in [0.2, 0.25) is 0 Å². The number of rotatable bonds is 9. The molecule has 0 aromatic heterocycles. The molecule has 0 fully saturated rings. The van der Waals surface area contributed by atoms with Crippen LogP contribution in [0.1, 0.15) is 29.0 Å². The number of hydrogen-bond acceptors (Lipinski definition) is 2. The van der Waals surface area contributed by atoms with Crippen molar-refractivity contribution in [2.24, 2.45) is 0 Å². The topological polar surface area (TPSA) is 21.3 Å². The molecule has 0 radical (unpaired) electrons. The summed E-state index contributed by atoms with van der Waals surface area (Å²) in [5.41, 5.74) is 4.09. The molecule has 1 unspecified atom stereocenters. The van der Waals surface area contributed by atoms with E-state index in [1.807, 2.05) is 0 Å². The lowest BCUT2D eigenvalue weighted by Gasteiger charge is -2.18. The van der Waals surface area contributed by atoms with E-state index in [1.54, 1.807) is 7.11 Å². The minimum atomic E-state index is 0.492. The van der Waals surface area contributed by atoms with E-state index < -0.39 is 0 Å². The summed E-state index contributed by atoms with van der Waals surface area (Å²) >= 11 is 0. The zero-order valence-electron chi connectivity index (χ0n) is 15.4. The number of hydrogen-bond donors (Lipinski definition) is 1. The fourth-order valence-electron chi connectivity index (χ4n) is 3.27. The average Bonchev–Trinajstić information content (AvgIpc) is 2.72. The summed E-state index contributed by atoms with van der Waals surface area (Å²) in [5, 5.41) is 3.59. The van der Waals surface area contributed by atoms with Crippen molar-refractivity contribution in [3.8, 4) is 5.75 Å². The van der Waals surface area contributed by atoms with Crippen LogP contribution in [-0.4, -0.2) is 13.7 Å². The van der Waals surface area contributed by atoms with Gasteiger partial charge in [0.15, 0.2) is 0 Å². The first-order chi connectivity index (χ1) is 12.8. The van der Waals surface area contributed by atoms with Crippen LogP contribution in [-0.2, 0) is 13.0 Å². The molecule has 0 spiro atoms. The molecule has 1 N–H and O–H groups in total. The van der Waals surface area contributed by atoms with Crippen molar-refractivity contribution in [1.29, 1.82) is 0 Å². The van der Waals surface area contributed by atoms with Gasteiger partial charge in [0.05, 0.1) is 7.11 Å². The van der Waals surface area contributed by atoms with Crippen molar-refractivity contribution >= 4 is 0 Å². The van der Waals surface area contributed by atoms with Crippen LogP contribution in [0.3, 0.4) is 0 Å². The third-order valence-corrected chi connectivity index (χ3v) is 4.75. The van der Waals surface area contributed by atoms with Gasteiger partial charge in [0, 0.05) is 6.54 Å². The van der Waals surface area contributed by atoms with Gasteiger partial charge >= 0.3 is 0 Å². The van der Waals surface area contributed by atoms with Gasteiger partial charge in [-0.1, -0.05) is 72.8 Å². The SMILES string of the molecule is COc1ccc(C(CCNCc2ccccc2)Cc2ccccc2)cc1. The lowest BCUT2D eigenvalue weighted by atomic mass is 9.89. The molecule has 0 aliphatic rings. The molecule has 134 valence electrons. The third-order valence-electron chi connectivity index (χ3n) is 4.75. The maximum atomic E-state index is 5.30. The van der Waals surface area contributed by atoms with Crippen molar-refractivity contribution in [3.05, 3.63) is 102 Å². The van der Waals surface area contributed by atoms with Crippen LogP contribution in [0, 0.1) is 0 Å². The van der Waals surface area contributed by atoms with Crippen molar-refractivity contribution in [2.45, 2.75) is 25.3 Å². The van der Waals surface area contributed by atoms with Crippen LogP contribution in [0.2, 0.25) is 0 Å². The van der Waals surface area contributed by atoms with Crippen LogP contribution in [0.15, 0.2) is 84.9 Å². The Labute approximate surface area is 156 Å². The summed E-state index contributed by atoms with van der Waals surface area (Å²) in [6.45, 7) is 1.92. The van der Waals surface area contributed by atoms with E-state index in [0.29, 0.717) is 5.92 Å². The van der Waals surface area contributed by atoms with Crippen LogP contribution >= 0.6 is 0 Å². The monoisotopic (exact) mass is 345 g/mol. The van der Waals surface area contributed by atoms with Crippen molar-refractivity contribution in [3.63, 3.8) is 0 Å². The van der Waals surface area contributed by atoms with Gasteiger partial charge in [0.1, 0.15) is 5.75 Å². The van der Waals surface area contributed by atoms with Gasteiger partial charge in [-0.25, -0.2) is 0 Å². The first-order valence-electron chi connectivity index (χ1n) is 9.27. The second-order valence-corrected chi connectivity index (χ2v) is 6.61. The molecular formula is C24H27NO. The fourth-order valence-corrected chi connectivity index (χ4v) is 3.27. The maximum absolute atomic E-state index is 5.30. The van der Waals surface area contributed by atoms with Crippen LogP contribution in [0.25, 0.3) is 0 Å². The molecule has 0 amide bonds. The highest BCUT2D eigenvalue weighted by Crippen LogP contribution is 2.26. The lowest BCUT2D eigenvalue weighted by molar-refractivity contribution is 0.414. The summed E-state index contributed by atoms with van der Waals surface area (Å²) in [7, 11) is 1.71. The van der Waals surface area contributed by atoms with Crippen LogP contribution in [0.4, 0.5) is 0 Å². The molecule has 0 heterocycles. The van der Waals surface area contributed by atoms with Gasteiger partial charge in [-0.05, 0) is 54.1 Å². The fraction of sp³-hybridized carbons (Fsp3) is 0.250. The Bertz CT molecular complexity index is 753. The van der Waals surface area contributed by atoms with E-state index in [2.05, 4.69) is 90.2 Å². The molecule has 0 bridgehead atoms. The molecule has 0 saturated heterocycles. The van der Waals surface area contributed by atoms with Crippen LogP contribution < -0.4 is 10.1 Å². The molecule has 0 aliphatic carbocycles. The van der Waals surface area contributed by atoms with E-state index >= 15 is 0 Å². The van der Waals surface area contributed by atoms with Crippen molar-refractivity contribution in [1.82, 2.24) is 5.32 Å². The Morgan fingerprint density at radius 2 is 1.38 bits per heavy atom. The van der Waals surface area contributed by atoms with Gasteiger partial charge < -0.3 is 10.1 Å². The Morgan fingerprint density at radius 1 is 0.769 bits per heavy atom. The van der Waals surface area contributed by atoms with E-state index in [0.717, 1.165) is 31.7 Å². The minimum Gasteiger partial charge on any atom is -0.497 e. The van der Waals surface area contributed by atoms with Crippen molar-refractivity contribution < 1.29 is 4.74 Å². The molecule has 0 saturated carbocycles. The quantitative estimate of drug-likeness (QED) is 0.538. The smallest absolute Gasteiger partial charge is 0.118 e. The zero-order valence-corrected chi connectivity index (χ0v) is 15.4. The van der Waals surface area contributed by atoms with Crippen molar-refractivity contribution in [2.75, 3.05) is 13.7 Å². The Balaban J connectivity index is 1.62. The predicted octanol–water partition coefficient (Wildman–Crippen LogP) is 5.20. The number of ether oxygens (including phenoxy) is 1. The second-order valence-electron chi connectivity index (χ2n) is 6.61. The first kappa shape index (κ1) is 18.2. The summed E-state index contributed by atoms with van der Waals surface area (Å²) in [4.78, 5) is 0. The summed E-state index contributed by atoms with van der Waals surface area (Å²) in [5.74, 6) is 1.40. The van der Waals surface area contributed by atoms with E-state index in [9.17, 15) is 0 Å². The second kappa shape index (κ2) is 9.79. The Hall–Kier alpha value is -2.58. The van der Waals surface area contributed by atoms with Gasteiger partial charge in [0.25, 0.3) is 0 Å². The number of nitrogens with one attached hydrogen (secondary N) is 1. The Kier molecular flexibility index (Phi) is 6.86. The highest BCUT2D eigenvalue weighted by molar-refractivity contribution is 5.31. The summed E-state index contributed by atoms with van der Waals surface area (Å²) in [6, 6.07) is 29.8. The molecular weight excluding hydrogens is 318 g/mol. The standard InChI is InChI=1S/C24H27NO/c1-26-24-14-12-22(13-15-24)23(18-20-8-4-2-5-9-20)16-17-25-19-21-10-6-3-7-11-21/h2-15,23,25H,16-19H2,1H3. The first-order valence-corrected chi connectivity index (χ1v) is 9.27. The molecule has 1 atom stereocenters. The van der Waals surface area contributed by atoms with Gasteiger partial charge in [-0.2, -0.15) is 0 Å². The third kappa shape index (κ3) is 5.47. The maximum Gasteiger partial charge on any atom is 0.118 e. The predicted molar refractivity (Wildman–Crippen MR) is 109 cm³/mol. The zero-order chi connectivity index (χ0) is 18.0. The highest BCUT2D eigenvalue weighted by Gasteiger charge is 2.12. The highest BCUT2D eigenvalue weighted by atomic mass is 16.5. The summed E-state index contributed by atoms with van der Waals surface area (Å²) < 4.78 is 5.30. The van der Waals surface area contributed by atoms with Gasteiger partial charge in [-0.15, -0.1) is 0 Å². The minimum absolute atomic E-state index is 0.492. The number of benzene rings is 3. The number of methoxy groups -OCH3 is 1. The summed E-state index contributed by atoms with van der Waals surface area (Å²) in [6.07, 6.45) is 2.16. The average molecular weight is 345 g/mol. The molecule has 2 heteroatoms. The molecule has 0 aliphatic heterocycles. The molecule has 3 aromatic carbocycles. The lowest BCUT2D eigenvalue weighted by Crippen LogP contribution is -2.18. The van der Waals surface area contributed by atoms with E-state index in [-0.39, 0.29) is 0 Å². The Morgan fingerprint density at radius 3 is 2.00 bits per heavy atom. The molecule has 3 rings (SSSR count). The largest absolute Gasteiger partial charge is 0.497 e. The van der Waals surface area contributed by atoms with Gasteiger partial charge in [-0.3, -0.25) is 0 Å². The molecule has 26 heavy (non-hydrogen) atoms. The molecule has 3 aromatic rings. The van der Waals surface area contributed by atoms with E-state index in [4.69, 9.17) is 4.74 Å². The molecule has 2 nitrogen and oxygen atoms in total. The normalized spacial score (nSPS) is 11.9. The van der Waals surface area contributed by atoms with Crippen LogP contribution in [0.5, 0.6) is 5.75 Å². The van der Waals surface area contributed by atoms with E-state index in [1.165, 1.54) is 16.7 Å².